The molecule has 0 amide bonds. The summed E-state index contributed by atoms with van der Waals surface area (Å²) >= 11 is 0. The zero-order valence-corrected chi connectivity index (χ0v) is 14.1. The van der Waals surface area contributed by atoms with Gasteiger partial charge in [-0.15, -0.1) is 0 Å². The first-order valence-corrected chi connectivity index (χ1v) is 8.33. The minimum absolute atomic E-state index is 0.0867. The van der Waals surface area contributed by atoms with Crippen LogP contribution in [0.1, 0.15) is 64.6 Å². The molecule has 0 spiro atoms. The summed E-state index contributed by atoms with van der Waals surface area (Å²) in [4.78, 5) is 0. The molecule has 1 aliphatic rings. The van der Waals surface area contributed by atoms with Crippen molar-refractivity contribution < 1.29 is 4.74 Å². The summed E-state index contributed by atoms with van der Waals surface area (Å²) in [6, 6.07) is 3.10. The van der Waals surface area contributed by atoms with Gasteiger partial charge in [-0.2, -0.15) is 5.10 Å². The Kier molecular flexibility index (Phi) is 5.82. The van der Waals surface area contributed by atoms with Gasteiger partial charge >= 0.3 is 0 Å². The molecule has 0 radical (unpaired) electrons. The van der Waals surface area contributed by atoms with Crippen LogP contribution in [0.2, 0.25) is 0 Å². The first-order valence-electron chi connectivity index (χ1n) is 8.33. The highest BCUT2D eigenvalue weighted by Crippen LogP contribution is 2.27. The Morgan fingerprint density at radius 3 is 2.67 bits per heavy atom. The van der Waals surface area contributed by atoms with Crippen molar-refractivity contribution in [3.05, 3.63) is 18.0 Å². The topological polar surface area (TPSA) is 39.1 Å². The van der Waals surface area contributed by atoms with Crippen LogP contribution in [-0.2, 0) is 11.2 Å². The molecule has 0 bridgehead atoms. The number of hydrogen-bond acceptors (Lipinski definition) is 3. The zero-order valence-electron chi connectivity index (χ0n) is 14.1. The van der Waals surface area contributed by atoms with E-state index >= 15 is 0 Å². The van der Waals surface area contributed by atoms with Gasteiger partial charge in [0.05, 0.1) is 23.9 Å². The Morgan fingerprint density at radius 1 is 1.33 bits per heavy atom. The van der Waals surface area contributed by atoms with Gasteiger partial charge in [0.15, 0.2) is 0 Å². The van der Waals surface area contributed by atoms with Crippen molar-refractivity contribution in [2.75, 3.05) is 13.7 Å². The highest BCUT2D eigenvalue weighted by Gasteiger charge is 2.18. The van der Waals surface area contributed by atoms with Crippen molar-refractivity contribution in [3.8, 4) is 0 Å². The molecular weight excluding hydrogens is 262 g/mol. The second-order valence-corrected chi connectivity index (χ2v) is 7.19. The molecule has 1 aromatic rings. The summed E-state index contributed by atoms with van der Waals surface area (Å²) in [6.07, 6.45) is 9.72. The van der Waals surface area contributed by atoms with Crippen molar-refractivity contribution in [2.24, 2.45) is 0 Å². The second kappa shape index (κ2) is 7.41. The van der Waals surface area contributed by atoms with Crippen molar-refractivity contribution in [1.82, 2.24) is 15.1 Å². The molecule has 1 fully saturated rings. The summed E-state index contributed by atoms with van der Waals surface area (Å²) in [6.45, 7) is 7.00. The zero-order chi connectivity index (χ0) is 15.3. The average Bonchev–Trinajstić information content (AvgIpc) is 2.92. The third kappa shape index (κ3) is 5.44. The molecule has 4 heteroatoms. The van der Waals surface area contributed by atoms with Crippen molar-refractivity contribution in [1.29, 1.82) is 0 Å². The number of rotatable bonds is 6. The predicted molar refractivity (Wildman–Crippen MR) is 86.6 cm³/mol. The molecule has 1 N–H and O–H groups in total. The summed E-state index contributed by atoms with van der Waals surface area (Å²) in [5, 5.41) is 8.12. The Morgan fingerprint density at radius 2 is 2.05 bits per heavy atom. The molecule has 1 aromatic heterocycles. The summed E-state index contributed by atoms with van der Waals surface area (Å²) in [5.41, 5.74) is 1.08. The van der Waals surface area contributed by atoms with E-state index in [4.69, 9.17) is 9.84 Å². The van der Waals surface area contributed by atoms with E-state index in [2.05, 4.69) is 43.0 Å². The fourth-order valence-corrected chi connectivity index (χ4v) is 2.88. The maximum absolute atomic E-state index is 5.88. The van der Waals surface area contributed by atoms with Gasteiger partial charge in [-0.1, -0.05) is 19.3 Å². The smallest absolute Gasteiger partial charge is 0.0641 e. The quantitative estimate of drug-likeness (QED) is 0.874. The van der Waals surface area contributed by atoms with E-state index in [1.807, 2.05) is 7.05 Å². The van der Waals surface area contributed by atoms with Gasteiger partial charge in [-0.05, 0) is 46.7 Å². The van der Waals surface area contributed by atoms with Crippen molar-refractivity contribution in [3.63, 3.8) is 0 Å². The molecule has 0 aromatic carbocycles. The Bertz CT molecular complexity index is 416. The standard InChI is InChI=1S/C17H31N3O/c1-17(2,3)21-13-15(18-4)12-14-10-11-20(19-14)16-8-6-5-7-9-16/h10-11,15-16,18H,5-9,12-13H2,1-4H3. The van der Waals surface area contributed by atoms with E-state index in [1.165, 1.54) is 32.1 Å². The lowest BCUT2D eigenvalue weighted by molar-refractivity contribution is -0.0136. The lowest BCUT2D eigenvalue weighted by atomic mass is 9.96. The van der Waals surface area contributed by atoms with E-state index in [0.29, 0.717) is 12.1 Å². The normalized spacial score (nSPS) is 18.9. The molecule has 21 heavy (non-hydrogen) atoms. The largest absolute Gasteiger partial charge is 0.374 e. The van der Waals surface area contributed by atoms with Gasteiger partial charge in [0.1, 0.15) is 0 Å². The molecule has 1 unspecified atom stereocenters. The fraction of sp³-hybridized carbons (Fsp3) is 0.824. The second-order valence-electron chi connectivity index (χ2n) is 7.19. The van der Waals surface area contributed by atoms with Gasteiger partial charge in [0, 0.05) is 18.7 Å². The minimum Gasteiger partial charge on any atom is -0.374 e. The summed E-state index contributed by atoms with van der Waals surface area (Å²) in [5.74, 6) is 0. The first-order chi connectivity index (χ1) is 9.98. The minimum atomic E-state index is -0.0867. The summed E-state index contributed by atoms with van der Waals surface area (Å²) in [7, 11) is 1.99. The van der Waals surface area contributed by atoms with E-state index in [-0.39, 0.29) is 5.60 Å². The SMILES string of the molecule is CNC(COC(C)(C)C)Cc1ccn(C2CCCCC2)n1. The summed E-state index contributed by atoms with van der Waals surface area (Å²) < 4.78 is 8.07. The van der Waals surface area contributed by atoms with E-state index in [0.717, 1.165) is 18.7 Å². The fourth-order valence-electron chi connectivity index (χ4n) is 2.88. The number of ether oxygens (including phenoxy) is 1. The van der Waals surface area contributed by atoms with E-state index in [1.54, 1.807) is 0 Å². The molecule has 1 heterocycles. The third-order valence-corrected chi connectivity index (χ3v) is 4.19. The van der Waals surface area contributed by atoms with Gasteiger partial charge in [0.2, 0.25) is 0 Å². The lowest BCUT2D eigenvalue weighted by Crippen LogP contribution is -2.36. The van der Waals surface area contributed by atoms with Crippen LogP contribution in [0.3, 0.4) is 0 Å². The number of nitrogens with zero attached hydrogens (tertiary/aromatic N) is 2. The van der Waals surface area contributed by atoms with Gasteiger partial charge in [0.25, 0.3) is 0 Å². The van der Waals surface area contributed by atoms with Gasteiger partial charge in [-0.25, -0.2) is 0 Å². The van der Waals surface area contributed by atoms with E-state index in [9.17, 15) is 0 Å². The monoisotopic (exact) mass is 293 g/mol. The van der Waals surface area contributed by atoms with Gasteiger partial charge < -0.3 is 10.1 Å². The van der Waals surface area contributed by atoms with Crippen LogP contribution >= 0.6 is 0 Å². The van der Waals surface area contributed by atoms with Crippen LogP contribution in [0, 0.1) is 0 Å². The van der Waals surface area contributed by atoms with Crippen LogP contribution in [0.15, 0.2) is 12.3 Å². The average molecular weight is 293 g/mol. The van der Waals surface area contributed by atoms with Crippen LogP contribution in [-0.4, -0.2) is 35.1 Å². The Hall–Kier alpha value is -0.870. The van der Waals surface area contributed by atoms with Crippen LogP contribution in [0.25, 0.3) is 0 Å². The highest BCUT2D eigenvalue weighted by molar-refractivity contribution is 5.02. The van der Waals surface area contributed by atoms with Crippen molar-refractivity contribution in [2.45, 2.75) is 77.0 Å². The molecule has 2 rings (SSSR count). The Labute approximate surface area is 129 Å². The lowest BCUT2D eigenvalue weighted by Gasteiger charge is -2.24. The third-order valence-electron chi connectivity index (χ3n) is 4.19. The molecular formula is C17H31N3O. The van der Waals surface area contributed by atoms with Crippen LogP contribution in [0.4, 0.5) is 0 Å². The first kappa shape index (κ1) is 16.5. The maximum atomic E-state index is 5.88. The molecule has 1 aliphatic carbocycles. The van der Waals surface area contributed by atoms with E-state index < -0.39 is 0 Å². The molecule has 1 saturated carbocycles. The number of nitrogens with one attached hydrogen (secondary N) is 1. The molecule has 0 saturated heterocycles. The molecule has 0 aliphatic heterocycles. The molecule has 120 valence electrons. The van der Waals surface area contributed by atoms with Crippen LogP contribution < -0.4 is 5.32 Å². The highest BCUT2D eigenvalue weighted by atomic mass is 16.5. The number of hydrogen-bond donors (Lipinski definition) is 1. The van der Waals surface area contributed by atoms with Crippen LogP contribution in [0.5, 0.6) is 0 Å². The van der Waals surface area contributed by atoms with Gasteiger partial charge in [-0.3, -0.25) is 4.68 Å². The molecule has 4 nitrogen and oxygen atoms in total. The maximum Gasteiger partial charge on any atom is 0.0641 e. The Balaban J connectivity index is 1.87. The number of likely N-dealkylation sites (N-methyl/N-ethyl adjacent to an activating group) is 1. The molecule has 1 atom stereocenters. The predicted octanol–water partition coefficient (Wildman–Crippen LogP) is 3.33. The number of aromatic nitrogens is 2. The van der Waals surface area contributed by atoms with Crippen molar-refractivity contribution >= 4 is 0 Å².